The summed E-state index contributed by atoms with van der Waals surface area (Å²) in [5, 5.41) is 0. The van der Waals surface area contributed by atoms with Crippen LogP contribution in [0, 0.1) is 5.92 Å². The van der Waals surface area contributed by atoms with E-state index in [1.165, 1.54) is 6.42 Å². The summed E-state index contributed by atoms with van der Waals surface area (Å²) in [6.07, 6.45) is 8.60. The smallest absolute Gasteiger partial charge is 0.255 e. The number of nitrogens with zero attached hydrogens (tertiary/aromatic N) is 2. The Morgan fingerprint density at radius 3 is 2.33 bits per heavy atom. The molecule has 2 aliphatic rings. The molecule has 0 spiro atoms. The van der Waals surface area contributed by atoms with E-state index in [9.17, 15) is 9.59 Å². The SMILES string of the molecule is O=C(c1cc[nH]c1)N1CCC(C(=O)N2CCCCC2)CC1. The van der Waals surface area contributed by atoms with E-state index in [0.29, 0.717) is 24.6 Å². The van der Waals surface area contributed by atoms with Gasteiger partial charge in [-0.2, -0.15) is 0 Å². The molecule has 21 heavy (non-hydrogen) atoms. The summed E-state index contributed by atoms with van der Waals surface area (Å²) < 4.78 is 0. The Balaban J connectivity index is 1.52. The van der Waals surface area contributed by atoms with E-state index in [2.05, 4.69) is 4.98 Å². The molecule has 2 amide bonds. The largest absolute Gasteiger partial charge is 0.367 e. The minimum Gasteiger partial charge on any atom is -0.367 e. The highest BCUT2D eigenvalue weighted by molar-refractivity contribution is 5.94. The Bertz CT molecular complexity index is 484. The second-order valence-corrected chi connectivity index (χ2v) is 6.05. The van der Waals surface area contributed by atoms with Crippen LogP contribution in [0.5, 0.6) is 0 Å². The first-order valence-electron chi connectivity index (χ1n) is 7.96. The lowest BCUT2D eigenvalue weighted by Gasteiger charge is -2.35. The molecule has 0 saturated carbocycles. The molecular formula is C16H23N3O2. The third kappa shape index (κ3) is 3.12. The predicted molar refractivity (Wildman–Crippen MR) is 79.9 cm³/mol. The second kappa shape index (κ2) is 6.33. The van der Waals surface area contributed by atoms with Crippen molar-refractivity contribution in [1.29, 1.82) is 0 Å². The van der Waals surface area contributed by atoms with Crippen molar-refractivity contribution in [3.63, 3.8) is 0 Å². The zero-order valence-electron chi connectivity index (χ0n) is 12.4. The molecule has 0 bridgehead atoms. The summed E-state index contributed by atoms with van der Waals surface area (Å²) in [6.45, 7) is 3.21. The summed E-state index contributed by atoms with van der Waals surface area (Å²) in [5.41, 5.74) is 0.704. The number of amides is 2. The van der Waals surface area contributed by atoms with Crippen molar-refractivity contribution < 1.29 is 9.59 Å². The molecule has 1 aromatic rings. The normalized spacial score (nSPS) is 20.6. The maximum atomic E-state index is 12.5. The van der Waals surface area contributed by atoms with E-state index in [4.69, 9.17) is 0 Å². The van der Waals surface area contributed by atoms with Crippen molar-refractivity contribution >= 4 is 11.8 Å². The highest BCUT2D eigenvalue weighted by Crippen LogP contribution is 2.22. The van der Waals surface area contributed by atoms with Crippen LogP contribution >= 0.6 is 0 Å². The number of hydrogen-bond donors (Lipinski definition) is 1. The molecule has 114 valence electrons. The molecule has 0 atom stereocenters. The summed E-state index contributed by atoms with van der Waals surface area (Å²) in [5.74, 6) is 0.488. The van der Waals surface area contributed by atoms with Crippen molar-refractivity contribution in [2.45, 2.75) is 32.1 Å². The Hall–Kier alpha value is -1.78. The van der Waals surface area contributed by atoms with E-state index in [1.54, 1.807) is 18.5 Å². The molecule has 3 heterocycles. The lowest BCUT2D eigenvalue weighted by atomic mass is 9.94. The predicted octanol–water partition coefficient (Wildman–Crippen LogP) is 1.88. The molecule has 3 rings (SSSR count). The summed E-state index contributed by atoms with van der Waals surface area (Å²) >= 11 is 0. The highest BCUT2D eigenvalue weighted by atomic mass is 16.2. The number of carbonyl (C=O) groups is 2. The quantitative estimate of drug-likeness (QED) is 0.903. The van der Waals surface area contributed by atoms with E-state index in [-0.39, 0.29) is 11.8 Å². The Morgan fingerprint density at radius 1 is 1.00 bits per heavy atom. The van der Waals surface area contributed by atoms with Gasteiger partial charge in [0.2, 0.25) is 5.91 Å². The average molecular weight is 289 g/mol. The number of carbonyl (C=O) groups excluding carboxylic acids is 2. The van der Waals surface area contributed by atoms with Crippen LogP contribution in [0.3, 0.4) is 0 Å². The van der Waals surface area contributed by atoms with Gasteiger partial charge in [-0.1, -0.05) is 0 Å². The van der Waals surface area contributed by atoms with Gasteiger partial charge in [-0.15, -0.1) is 0 Å². The van der Waals surface area contributed by atoms with Gasteiger partial charge in [0.25, 0.3) is 5.91 Å². The number of rotatable bonds is 2. The highest BCUT2D eigenvalue weighted by Gasteiger charge is 2.30. The third-order valence-corrected chi connectivity index (χ3v) is 4.64. The maximum Gasteiger partial charge on any atom is 0.255 e. The fourth-order valence-electron chi connectivity index (χ4n) is 3.34. The minimum atomic E-state index is 0.0696. The first-order chi connectivity index (χ1) is 10.3. The van der Waals surface area contributed by atoms with Gasteiger partial charge < -0.3 is 14.8 Å². The Morgan fingerprint density at radius 2 is 1.71 bits per heavy atom. The molecule has 1 N–H and O–H groups in total. The van der Waals surface area contributed by atoms with E-state index >= 15 is 0 Å². The Labute approximate surface area is 125 Å². The fourth-order valence-corrected chi connectivity index (χ4v) is 3.34. The van der Waals surface area contributed by atoms with Gasteiger partial charge in [0.05, 0.1) is 5.56 Å². The topological polar surface area (TPSA) is 56.4 Å². The van der Waals surface area contributed by atoms with Gasteiger partial charge in [-0.05, 0) is 38.2 Å². The number of aromatic nitrogens is 1. The second-order valence-electron chi connectivity index (χ2n) is 6.05. The molecule has 0 unspecified atom stereocenters. The van der Waals surface area contributed by atoms with Crippen LogP contribution in [0.2, 0.25) is 0 Å². The lowest BCUT2D eigenvalue weighted by molar-refractivity contribution is -0.137. The summed E-state index contributed by atoms with van der Waals surface area (Å²) in [4.78, 5) is 31.5. The van der Waals surface area contributed by atoms with Crippen LogP contribution < -0.4 is 0 Å². The first kappa shape index (κ1) is 14.2. The maximum absolute atomic E-state index is 12.5. The fraction of sp³-hybridized carbons (Fsp3) is 0.625. The van der Waals surface area contributed by atoms with Gasteiger partial charge in [-0.3, -0.25) is 9.59 Å². The zero-order valence-corrected chi connectivity index (χ0v) is 12.4. The third-order valence-electron chi connectivity index (χ3n) is 4.64. The van der Waals surface area contributed by atoms with Gasteiger partial charge in [0.1, 0.15) is 0 Å². The molecule has 0 aliphatic carbocycles. The summed E-state index contributed by atoms with van der Waals surface area (Å²) in [7, 11) is 0. The number of hydrogen-bond acceptors (Lipinski definition) is 2. The van der Waals surface area contributed by atoms with Gasteiger partial charge >= 0.3 is 0 Å². The van der Waals surface area contributed by atoms with Crippen molar-refractivity contribution in [2.75, 3.05) is 26.2 Å². The Kier molecular flexibility index (Phi) is 4.27. The van der Waals surface area contributed by atoms with Crippen molar-refractivity contribution in [2.24, 2.45) is 5.92 Å². The number of nitrogens with one attached hydrogen (secondary N) is 1. The standard InChI is InChI=1S/C16H23N3O2/c20-15(18-8-2-1-3-9-18)13-5-10-19(11-6-13)16(21)14-4-7-17-12-14/h4,7,12-13,17H,1-3,5-6,8-11H2. The lowest BCUT2D eigenvalue weighted by Crippen LogP contribution is -2.45. The number of piperidine rings is 2. The van der Waals surface area contributed by atoms with Gasteiger partial charge in [0.15, 0.2) is 0 Å². The van der Waals surface area contributed by atoms with Crippen molar-refractivity contribution in [3.8, 4) is 0 Å². The molecular weight excluding hydrogens is 266 g/mol. The van der Waals surface area contributed by atoms with E-state index in [0.717, 1.165) is 38.8 Å². The van der Waals surface area contributed by atoms with Crippen LogP contribution in [0.1, 0.15) is 42.5 Å². The molecule has 5 nitrogen and oxygen atoms in total. The number of H-pyrrole nitrogens is 1. The molecule has 5 heteroatoms. The zero-order chi connectivity index (χ0) is 14.7. The van der Waals surface area contributed by atoms with Crippen LogP contribution in [-0.4, -0.2) is 52.8 Å². The molecule has 0 aromatic carbocycles. The molecule has 2 saturated heterocycles. The molecule has 2 aliphatic heterocycles. The van der Waals surface area contributed by atoms with Crippen LogP contribution in [0.4, 0.5) is 0 Å². The first-order valence-corrected chi connectivity index (χ1v) is 7.96. The number of aromatic amines is 1. The molecule has 1 aromatic heterocycles. The van der Waals surface area contributed by atoms with Crippen LogP contribution in [0.25, 0.3) is 0 Å². The number of likely N-dealkylation sites (tertiary alicyclic amines) is 2. The summed E-state index contributed by atoms with van der Waals surface area (Å²) in [6, 6.07) is 1.80. The average Bonchev–Trinajstić information content (AvgIpc) is 3.09. The van der Waals surface area contributed by atoms with Crippen LogP contribution in [0.15, 0.2) is 18.5 Å². The minimum absolute atomic E-state index is 0.0696. The van der Waals surface area contributed by atoms with Crippen molar-refractivity contribution in [3.05, 3.63) is 24.0 Å². The van der Waals surface area contributed by atoms with Crippen LogP contribution in [-0.2, 0) is 4.79 Å². The van der Waals surface area contributed by atoms with E-state index < -0.39 is 0 Å². The van der Waals surface area contributed by atoms with Gasteiger partial charge in [-0.25, -0.2) is 0 Å². The van der Waals surface area contributed by atoms with Crippen molar-refractivity contribution in [1.82, 2.24) is 14.8 Å². The monoisotopic (exact) mass is 289 g/mol. The van der Waals surface area contributed by atoms with E-state index in [1.807, 2.05) is 9.80 Å². The molecule has 0 radical (unpaired) electrons. The van der Waals surface area contributed by atoms with Gasteiger partial charge in [0, 0.05) is 44.5 Å². The molecule has 2 fully saturated rings.